The molecule has 2 rings (SSSR count). The summed E-state index contributed by atoms with van der Waals surface area (Å²) in [5, 5.41) is 0. The molecular formula is C11H13BrN2OS. The summed E-state index contributed by atoms with van der Waals surface area (Å²) in [7, 11) is 1.87. The molecule has 0 spiro atoms. The van der Waals surface area contributed by atoms with Crippen LogP contribution in [0.3, 0.4) is 0 Å². The molecule has 1 aliphatic heterocycles. The van der Waals surface area contributed by atoms with Gasteiger partial charge in [0.15, 0.2) is 0 Å². The maximum Gasteiger partial charge on any atom is 0.256 e. The molecular weight excluding hydrogens is 288 g/mol. The van der Waals surface area contributed by atoms with Crippen molar-refractivity contribution >= 4 is 33.6 Å². The predicted octanol–water partition coefficient (Wildman–Crippen LogP) is 2.42. The van der Waals surface area contributed by atoms with Crippen molar-refractivity contribution in [2.75, 3.05) is 18.6 Å². The van der Waals surface area contributed by atoms with Gasteiger partial charge in [-0.2, -0.15) is 11.8 Å². The molecule has 3 nitrogen and oxygen atoms in total. The van der Waals surface area contributed by atoms with Crippen LogP contribution in [0.15, 0.2) is 22.9 Å². The van der Waals surface area contributed by atoms with E-state index in [1.54, 1.807) is 18.3 Å². The van der Waals surface area contributed by atoms with Gasteiger partial charge in [-0.15, -0.1) is 0 Å². The first-order valence-corrected chi connectivity index (χ1v) is 7.10. The van der Waals surface area contributed by atoms with E-state index in [4.69, 9.17) is 0 Å². The van der Waals surface area contributed by atoms with E-state index < -0.39 is 0 Å². The minimum absolute atomic E-state index is 0.0486. The van der Waals surface area contributed by atoms with Gasteiger partial charge in [0.2, 0.25) is 0 Å². The van der Waals surface area contributed by atoms with E-state index in [-0.39, 0.29) is 5.91 Å². The van der Waals surface area contributed by atoms with Gasteiger partial charge in [0.05, 0.1) is 5.56 Å². The molecule has 5 heteroatoms. The van der Waals surface area contributed by atoms with Crippen molar-refractivity contribution in [2.24, 2.45) is 0 Å². The molecule has 86 valence electrons. The van der Waals surface area contributed by atoms with Crippen LogP contribution in [-0.4, -0.2) is 40.4 Å². The number of halogens is 1. The third kappa shape index (κ3) is 2.40. The van der Waals surface area contributed by atoms with E-state index in [0.717, 1.165) is 17.9 Å². The maximum absolute atomic E-state index is 12.2. The quantitative estimate of drug-likeness (QED) is 0.787. The molecule has 2 heterocycles. The molecule has 0 radical (unpaired) electrons. The third-order valence-electron chi connectivity index (χ3n) is 2.76. The fourth-order valence-corrected chi connectivity index (χ4v) is 3.42. The fourth-order valence-electron chi connectivity index (χ4n) is 1.73. The third-order valence-corrected chi connectivity index (χ3v) is 4.54. The summed E-state index contributed by atoms with van der Waals surface area (Å²) in [6.45, 7) is 0. The van der Waals surface area contributed by atoms with Gasteiger partial charge in [-0.25, -0.2) is 4.98 Å². The second-order valence-corrected chi connectivity index (χ2v) is 5.68. The molecule has 1 aromatic rings. The topological polar surface area (TPSA) is 33.2 Å². The minimum atomic E-state index is 0.0486. The number of carbonyl (C=O) groups excluding carboxylic acids is 1. The van der Waals surface area contributed by atoms with Gasteiger partial charge < -0.3 is 4.90 Å². The SMILES string of the molecule is CN(C(=O)c1cccnc1Br)C1CCSC1. The van der Waals surface area contributed by atoms with Gasteiger partial charge in [0, 0.05) is 25.0 Å². The number of aromatic nitrogens is 1. The first kappa shape index (κ1) is 11.9. The van der Waals surface area contributed by atoms with Gasteiger partial charge >= 0.3 is 0 Å². The number of carbonyl (C=O) groups is 1. The van der Waals surface area contributed by atoms with Crippen LogP contribution >= 0.6 is 27.7 Å². The van der Waals surface area contributed by atoms with Crippen molar-refractivity contribution in [3.8, 4) is 0 Å². The summed E-state index contributed by atoms with van der Waals surface area (Å²) in [5.41, 5.74) is 0.641. The molecule has 0 aliphatic carbocycles. The fraction of sp³-hybridized carbons (Fsp3) is 0.455. The predicted molar refractivity (Wildman–Crippen MR) is 69.8 cm³/mol. The first-order valence-electron chi connectivity index (χ1n) is 5.15. The van der Waals surface area contributed by atoms with Crippen LogP contribution in [-0.2, 0) is 0 Å². The number of pyridine rings is 1. The largest absolute Gasteiger partial charge is 0.338 e. The monoisotopic (exact) mass is 300 g/mol. The van der Waals surface area contributed by atoms with Crippen molar-refractivity contribution in [3.63, 3.8) is 0 Å². The zero-order valence-electron chi connectivity index (χ0n) is 9.02. The van der Waals surface area contributed by atoms with Gasteiger partial charge in [0.1, 0.15) is 4.60 Å². The molecule has 0 N–H and O–H groups in total. The van der Waals surface area contributed by atoms with Gasteiger partial charge in [-0.1, -0.05) is 0 Å². The molecule has 16 heavy (non-hydrogen) atoms. The Morgan fingerprint density at radius 3 is 3.12 bits per heavy atom. The molecule has 1 aromatic heterocycles. The molecule has 0 aromatic carbocycles. The molecule has 1 fully saturated rings. The van der Waals surface area contributed by atoms with E-state index in [0.29, 0.717) is 16.2 Å². The molecule has 0 saturated carbocycles. The number of thioether (sulfide) groups is 1. The highest BCUT2D eigenvalue weighted by molar-refractivity contribution is 9.10. The molecule has 1 saturated heterocycles. The average Bonchev–Trinajstić information content (AvgIpc) is 2.81. The van der Waals surface area contributed by atoms with Crippen molar-refractivity contribution in [2.45, 2.75) is 12.5 Å². The minimum Gasteiger partial charge on any atom is -0.338 e. The number of hydrogen-bond acceptors (Lipinski definition) is 3. The Labute approximate surface area is 108 Å². The number of rotatable bonds is 2. The Morgan fingerprint density at radius 1 is 1.69 bits per heavy atom. The van der Waals surface area contributed by atoms with E-state index >= 15 is 0 Å². The lowest BCUT2D eigenvalue weighted by atomic mass is 10.2. The Bertz CT molecular complexity index is 393. The van der Waals surface area contributed by atoms with Crippen molar-refractivity contribution in [1.82, 2.24) is 9.88 Å². The van der Waals surface area contributed by atoms with Crippen LogP contribution in [0.25, 0.3) is 0 Å². The van der Waals surface area contributed by atoms with E-state index in [9.17, 15) is 4.79 Å². The van der Waals surface area contributed by atoms with Crippen LogP contribution in [0, 0.1) is 0 Å². The standard InChI is InChI=1S/C11H13BrN2OS/c1-14(8-4-6-16-7-8)11(15)9-3-2-5-13-10(9)12/h2-3,5,8H,4,6-7H2,1H3. The van der Waals surface area contributed by atoms with Crippen LogP contribution in [0.2, 0.25) is 0 Å². The van der Waals surface area contributed by atoms with Crippen LogP contribution in [0.1, 0.15) is 16.8 Å². The molecule has 1 aliphatic rings. The number of amides is 1. The zero-order chi connectivity index (χ0) is 11.5. The highest BCUT2D eigenvalue weighted by Gasteiger charge is 2.25. The second-order valence-electron chi connectivity index (χ2n) is 3.78. The summed E-state index contributed by atoms with van der Waals surface area (Å²) in [6, 6.07) is 3.96. The first-order chi connectivity index (χ1) is 7.70. The summed E-state index contributed by atoms with van der Waals surface area (Å²) < 4.78 is 0.623. The Hall–Kier alpha value is -0.550. The summed E-state index contributed by atoms with van der Waals surface area (Å²) in [6.07, 6.45) is 2.76. The second kappa shape index (κ2) is 5.19. The summed E-state index contributed by atoms with van der Waals surface area (Å²) in [4.78, 5) is 18.1. The lowest BCUT2D eigenvalue weighted by molar-refractivity contribution is 0.0746. The van der Waals surface area contributed by atoms with Gasteiger partial charge in [-0.3, -0.25) is 4.79 Å². The smallest absolute Gasteiger partial charge is 0.256 e. The molecule has 0 bridgehead atoms. The van der Waals surface area contributed by atoms with Crippen LogP contribution in [0.4, 0.5) is 0 Å². The lowest BCUT2D eigenvalue weighted by Crippen LogP contribution is -2.37. The number of nitrogens with zero attached hydrogens (tertiary/aromatic N) is 2. The van der Waals surface area contributed by atoms with E-state index in [2.05, 4.69) is 20.9 Å². The van der Waals surface area contributed by atoms with Crippen molar-refractivity contribution in [3.05, 3.63) is 28.5 Å². The Kier molecular flexibility index (Phi) is 3.86. The summed E-state index contributed by atoms with van der Waals surface area (Å²) in [5.74, 6) is 2.24. The Morgan fingerprint density at radius 2 is 2.50 bits per heavy atom. The highest BCUT2D eigenvalue weighted by Crippen LogP contribution is 2.23. The van der Waals surface area contributed by atoms with Gasteiger partial charge in [-0.05, 0) is 40.2 Å². The number of hydrogen-bond donors (Lipinski definition) is 0. The van der Waals surface area contributed by atoms with Crippen LogP contribution in [0.5, 0.6) is 0 Å². The van der Waals surface area contributed by atoms with Crippen LogP contribution < -0.4 is 0 Å². The molecule has 1 amide bonds. The lowest BCUT2D eigenvalue weighted by Gasteiger charge is -2.24. The molecule has 1 atom stereocenters. The normalized spacial score (nSPS) is 19.8. The zero-order valence-corrected chi connectivity index (χ0v) is 11.4. The molecule has 1 unspecified atom stereocenters. The Balaban J connectivity index is 2.15. The van der Waals surface area contributed by atoms with Crippen molar-refractivity contribution < 1.29 is 4.79 Å². The van der Waals surface area contributed by atoms with E-state index in [1.807, 2.05) is 23.7 Å². The summed E-state index contributed by atoms with van der Waals surface area (Å²) >= 11 is 5.22. The van der Waals surface area contributed by atoms with Gasteiger partial charge in [0.25, 0.3) is 5.91 Å². The maximum atomic E-state index is 12.2. The average molecular weight is 301 g/mol. The highest BCUT2D eigenvalue weighted by atomic mass is 79.9. The van der Waals surface area contributed by atoms with E-state index in [1.165, 1.54) is 0 Å². The van der Waals surface area contributed by atoms with Crippen molar-refractivity contribution in [1.29, 1.82) is 0 Å².